The number of amides is 3. The molecule has 0 N–H and O–H groups in total. The molecule has 3 aliphatic heterocycles. The van der Waals surface area contributed by atoms with Gasteiger partial charge in [-0.25, -0.2) is 0 Å². The van der Waals surface area contributed by atoms with Crippen molar-refractivity contribution in [1.82, 2.24) is 9.80 Å². The normalized spacial score (nSPS) is 20.8. The Kier molecular flexibility index (Phi) is 5.64. The lowest BCUT2D eigenvalue weighted by atomic mass is 9.95. The highest BCUT2D eigenvalue weighted by Crippen LogP contribution is 2.35. The predicted octanol–water partition coefficient (Wildman–Crippen LogP) is 3.98. The maximum Gasteiger partial charge on any atom is 0.263 e. The van der Waals surface area contributed by atoms with Crippen LogP contribution in [0.4, 0.5) is 5.69 Å². The number of halogens is 1. The highest BCUT2D eigenvalue weighted by Gasteiger charge is 2.40. The Labute approximate surface area is 192 Å². The number of likely N-dealkylation sites (tertiary alicyclic amines) is 1. The molecule has 1 atom stereocenters. The fraction of sp³-hybridized carbons (Fsp3) is 0.400. The Bertz CT molecular complexity index is 1080. The largest absolute Gasteiger partial charge is 0.370 e. The van der Waals surface area contributed by atoms with Gasteiger partial charge in [-0.05, 0) is 49.4 Å². The zero-order valence-electron chi connectivity index (χ0n) is 17.9. The van der Waals surface area contributed by atoms with Crippen LogP contribution in [0.15, 0.2) is 42.5 Å². The molecule has 2 fully saturated rings. The molecule has 0 radical (unpaired) electrons. The van der Waals surface area contributed by atoms with E-state index in [1.807, 2.05) is 35.2 Å². The van der Waals surface area contributed by atoms with Gasteiger partial charge < -0.3 is 9.80 Å². The summed E-state index contributed by atoms with van der Waals surface area (Å²) in [5.41, 5.74) is 2.35. The van der Waals surface area contributed by atoms with Crippen LogP contribution in [-0.4, -0.2) is 53.7 Å². The van der Waals surface area contributed by atoms with Crippen LogP contribution in [0.5, 0.6) is 0 Å². The van der Waals surface area contributed by atoms with Gasteiger partial charge in [0.1, 0.15) is 0 Å². The van der Waals surface area contributed by atoms with Gasteiger partial charge in [-0.15, -0.1) is 0 Å². The van der Waals surface area contributed by atoms with E-state index in [4.69, 9.17) is 11.6 Å². The first-order valence-electron chi connectivity index (χ1n) is 11.3. The fourth-order valence-corrected chi connectivity index (χ4v) is 5.31. The number of carbonyl (C=O) groups excluding carboxylic acids is 3. The molecule has 0 unspecified atom stereocenters. The molecule has 2 saturated heterocycles. The Morgan fingerprint density at radius 3 is 2.50 bits per heavy atom. The maximum atomic E-state index is 13.4. The molecule has 0 spiro atoms. The van der Waals surface area contributed by atoms with Gasteiger partial charge in [0.25, 0.3) is 11.8 Å². The lowest BCUT2D eigenvalue weighted by Gasteiger charge is -2.36. The number of rotatable bonds is 4. The molecule has 5 rings (SSSR count). The number of hydrogen-bond acceptors (Lipinski definition) is 4. The van der Waals surface area contributed by atoms with Crippen LogP contribution in [0.1, 0.15) is 52.0 Å². The van der Waals surface area contributed by atoms with Gasteiger partial charge in [0.2, 0.25) is 5.91 Å². The molecular weight excluding hydrogens is 426 g/mol. The average Bonchev–Trinajstić information content (AvgIpc) is 3.44. The molecule has 32 heavy (non-hydrogen) atoms. The smallest absolute Gasteiger partial charge is 0.263 e. The lowest BCUT2D eigenvalue weighted by molar-refractivity contribution is -0.134. The summed E-state index contributed by atoms with van der Waals surface area (Å²) in [6.07, 6.45) is 3.91. The molecule has 0 aromatic heterocycles. The van der Waals surface area contributed by atoms with E-state index in [-0.39, 0.29) is 30.2 Å². The molecule has 7 heteroatoms. The Balaban J connectivity index is 1.40. The van der Waals surface area contributed by atoms with Crippen molar-refractivity contribution in [2.75, 3.05) is 31.1 Å². The standard InChI is InChI=1S/C25H26ClN3O3/c26-20-10-2-1-7-17(20)16-29-24(31)19-9-5-11-21(22(19)25(29)32)28-14-6-8-18(15-28)23(30)27-12-3-4-13-27/h1-2,5,7,9-11,18H,3-4,6,8,12-16H2/t18-/m1/s1. The third-order valence-corrected chi connectivity index (χ3v) is 7.16. The van der Waals surface area contributed by atoms with E-state index in [2.05, 4.69) is 4.90 Å². The Morgan fingerprint density at radius 1 is 0.938 bits per heavy atom. The monoisotopic (exact) mass is 451 g/mol. The van der Waals surface area contributed by atoms with Crippen molar-refractivity contribution in [2.45, 2.75) is 32.2 Å². The Hall–Kier alpha value is -2.86. The highest BCUT2D eigenvalue weighted by atomic mass is 35.5. The van der Waals surface area contributed by atoms with Gasteiger partial charge in [0.05, 0.1) is 29.3 Å². The number of imide groups is 1. The van der Waals surface area contributed by atoms with Crippen molar-refractivity contribution in [2.24, 2.45) is 5.92 Å². The van der Waals surface area contributed by atoms with Crippen LogP contribution in [-0.2, 0) is 11.3 Å². The zero-order chi connectivity index (χ0) is 22.2. The van der Waals surface area contributed by atoms with E-state index in [1.54, 1.807) is 12.1 Å². The number of benzene rings is 2. The molecule has 3 aliphatic rings. The number of hydrogen-bond donors (Lipinski definition) is 0. The van der Waals surface area contributed by atoms with Crippen LogP contribution in [0, 0.1) is 5.92 Å². The number of fused-ring (bicyclic) bond motifs is 1. The minimum atomic E-state index is -0.298. The molecule has 3 amide bonds. The van der Waals surface area contributed by atoms with Gasteiger partial charge in [-0.3, -0.25) is 19.3 Å². The number of anilines is 1. The summed E-state index contributed by atoms with van der Waals surface area (Å²) in [5.74, 6) is -0.436. The van der Waals surface area contributed by atoms with Crippen LogP contribution < -0.4 is 4.90 Å². The van der Waals surface area contributed by atoms with Gasteiger partial charge in [0.15, 0.2) is 0 Å². The summed E-state index contributed by atoms with van der Waals surface area (Å²) >= 11 is 6.27. The Morgan fingerprint density at radius 2 is 1.72 bits per heavy atom. The van der Waals surface area contributed by atoms with Crippen LogP contribution in [0.25, 0.3) is 0 Å². The first kappa shape index (κ1) is 21.0. The summed E-state index contributed by atoms with van der Waals surface area (Å²) in [6, 6.07) is 12.7. The lowest BCUT2D eigenvalue weighted by Crippen LogP contribution is -2.44. The third kappa shape index (κ3) is 3.66. The first-order valence-corrected chi connectivity index (χ1v) is 11.7. The average molecular weight is 452 g/mol. The van der Waals surface area contributed by atoms with Gasteiger partial charge >= 0.3 is 0 Å². The SMILES string of the molecule is O=C([C@@H]1CCCN(c2cccc3c2C(=O)N(Cc2ccccc2Cl)C3=O)C1)N1CCCC1. The molecule has 2 aromatic rings. The zero-order valence-corrected chi connectivity index (χ0v) is 18.7. The van der Waals surface area contributed by atoms with Crippen molar-refractivity contribution in [1.29, 1.82) is 0 Å². The van der Waals surface area contributed by atoms with Crippen LogP contribution in [0.3, 0.4) is 0 Å². The van der Waals surface area contributed by atoms with Gasteiger partial charge in [-0.2, -0.15) is 0 Å². The van der Waals surface area contributed by atoms with Crippen molar-refractivity contribution < 1.29 is 14.4 Å². The van der Waals surface area contributed by atoms with Crippen molar-refractivity contribution in [3.8, 4) is 0 Å². The molecule has 0 bridgehead atoms. The summed E-state index contributed by atoms with van der Waals surface area (Å²) in [5, 5.41) is 0.531. The van der Waals surface area contributed by atoms with E-state index in [1.165, 1.54) is 4.90 Å². The van der Waals surface area contributed by atoms with Crippen LogP contribution in [0.2, 0.25) is 5.02 Å². The molecule has 2 aromatic carbocycles. The van der Waals surface area contributed by atoms with Crippen molar-refractivity contribution in [3.63, 3.8) is 0 Å². The number of carbonyl (C=O) groups is 3. The van der Waals surface area contributed by atoms with Gasteiger partial charge in [-0.1, -0.05) is 35.9 Å². The second-order valence-corrected chi connectivity index (χ2v) is 9.21. The molecule has 0 aliphatic carbocycles. The van der Waals surface area contributed by atoms with E-state index in [0.717, 1.165) is 56.6 Å². The molecule has 0 saturated carbocycles. The summed E-state index contributed by atoms with van der Waals surface area (Å²) in [7, 11) is 0. The van der Waals surface area contributed by atoms with E-state index in [9.17, 15) is 14.4 Å². The van der Waals surface area contributed by atoms with Gasteiger partial charge in [0, 0.05) is 31.2 Å². The van der Waals surface area contributed by atoms with E-state index < -0.39 is 0 Å². The minimum Gasteiger partial charge on any atom is -0.370 e. The summed E-state index contributed by atoms with van der Waals surface area (Å²) < 4.78 is 0. The quantitative estimate of drug-likeness (QED) is 0.660. The summed E-state index contributed by atoms with van der Waals surface area (Å²) in [4.78, 5) is 44.8. The maximum absolute atomic E-state index is 13.4. The summed E-state index contributed by atoms with van der Waals surface area (Å²) in [6.45, 7) is 3.19. The van der Waals surface area contributed by atoms with E-state index in [0.29, 0.717) is 22.7 Å². The second kappa shape index (κ2) is 8.58. The van der Waals surface area contributed by atoms with Crippen molar-refractivity contribution in [3.05, 3.63) is 64.2 Å². The topological polar surface area (TPSA) is 60.9 Å². The molecule has 3 heterocycles. The fourth-order valence-electron chi connectivity index (χ4n) is 5.11. The van der Waals surface area contributed by atoms with Crippen molar-refractivity contribution >= 4 is 35.0 Å². The molecule has 166 valence electrons. The highest BCUT2D eigenvalue weighted by molar-refractivity contribution is 6.31. The first-order chi connectivity index (χ1) is 15.5. The number of piperidine rings is 1. The number of nitrogens with zero attached hydrogens (tertiary/aromatic N) is 3. The third-order valence-electron chi connectivity index (χ3n) is 6.79. The second-order valence-electron chi connectivity index (χ2n) is 8.81. The van der Waals surface area contributed by atoms with Crippen LogP contribution >= 0.6 is 11.6 Å². The molecular formula is C25H26ClN3O3. The van der Waals surface area contributed by atoms with E-state index >= 15 is 0 Å². The minimum absolute atomic E-state index is 0.0656. The molecule has 6 nitrogen and oxygen atoms in total. The predicted molar refractivity (Wildman–Crippen MR) is 123 cm³/mol.